The minimum atomic E-state index is 0.114. The monoisotopic (exact) mass is 345 g/mol. The fourth-order valence-corrected chi connectivity index (χ4v) is 3.76. The Morgan fingerprint density at radius 2 is 1.92 bits per heavy atom. The van der Waals surface area contributed by atoms with Gasteiger partial charge in [-0.15, -0.1) is 0 Å². The third-order valence-corrected chi connectivity index (χ3v) is 5.23. The van der Waals surface area contributed by atoms with E-state index in [1.54, 1.807) is 14.0 Å². The summed E-state index contributed by atoms with van der Waals surface area (Å²) in [5.74, 6) is 1.13. The summed E-state index contributed by atoms with van der Waals surface area (Å²) in [6, 6.07) is 8.16. The third-order valence-electron chi connectivity index (χ3n) is 5.23. The van der Waals surface area contributed by atoms with Gasteiger partial charge in [0.25, 0.3) is 0 Å². The molecule has 6 heteroatoms. The Hall–Kier alpha value is -2.08. The van der Waals surface area contributed by atoms with Gasteiger partial charge in [-0.1, -0.05) is 12.1 Å². The molecule has 6 nitrogen and oxygen atoms in total. The van der Waals surface area contributed by atoms with E-state index in [-0.39, 0.29) is 17.9 Å². The predicted molar refractivity (Wildman–Crippen MR) is 95.4 cm³/mol. The maximum Gasteiger partial charge on any atom is 0.237 e. The number of rotatable bonds is 4. The summed E-state index contributed by atoms with van der Waals surface area (Å²) in [6.07, 6.45) is 2.03. The average Bonchev–Trinajstić information content (AvgIpc) is 3.12. The molecule has 25 heavy (non-hydrogen) atoms. The molecule has 3 rings (SSSR count). The lowest BCUT2D eigenvalue weighted by Crippen LogP contribution is -2.51. The fraction of sp³-hybridized carbons (Fsp3) is 0.579. The maximum absolute atomic E-state index is 12.8. The summed E-state index contributed by atoms with van der Waals surface area (Å²) in [7, 11) is 1.66. The van der Waals surface area contributed by atoms with E-state index in [4.69, 9.17) is 4.74 Å². The standard InChI is InChI=1S/C19H27N3O3/c1-15(23)21-11-9-20(10-12-21)14-19(24)22-8-4-7-18(22)16-5-3-6-17(13-16)25-2/h3,5-6,13,18H,4,7-12,14H2,1-2H3/t18-/m0/s1. The molecule has 0 aliphatic carbocycles. The molecule has 0 aromatic heterocycles. The quantitative estimate of drug-likeness (QED) is 0.830. The van der Waals surface area contributed by atoms with Crippen molar-refractivity contribution < 1.29 is 14.3 Å². The van der Waals surface area contributed by atoms with Crippen LogP contribution in [0.25, 0.3) is 0 Å². The van der Waals surface area contributed by atoms with Gasteiger partial charge in [0.15, 0.2) is 0 Å². The molecule has 0 saturated carbocycles. The highest BCUT2D eigenvalue weighted by Crippen LogP contribution is 2.33. The lowest BCUT2D eigenvalue weighted by atomic mass is 10.0. The Morgan fingerprint density at radius 3 is 2.60 bits per heavy atom. The fourth-order valence-electron chi connectivity index (χ4n) is 3.76. The van der Waals surface area contributed by atoms with Crippen LogP contribution in [0.5, 0.6) is 5.75 Å². The largest absolute Gasteiger partial charge is 0.497 e. The van der Waals surface area contributed by atoms with E-state index in [9.17, 15) is 9.59 Å². The summed E-state index contributed by atoms with van der Waals surface area (Å²) < 4.78 is 5.32. The molecule has 1 aromatic carbocycles. The van der Waals surface area contributed by atoms with Gasteiger partial charge in [0.05, 0.1) is 19.7 Å². The van der Waals surface area contributed by atoms with Crippen molar-refractivity contribution in [3.05, 3.63) is 29.8 Å². The van der Waals surface area contributed by atoms with Gasteiger partial charge >= 0.3 is 0 Å². The first-order chi connectivity index (χ1) is 12.1. The molecule has 0 radical (unpaired) electrons. The minimum absolute atomic E-state index is 0.114. The first-order valence-electron chi connectivity index (χ1n) is 9.00. The molecule has 0 N–H and O–H groups in total. The van der Waals surface area contributed by atoms with E-state index in [1.807, 2.05) is 28.0 Å². The number of likely N-dealkylation sites (tertiary alicyclic amines) is 1. The lowest BCUT2D eigenvalue weighted by Gasteiger charge is -2.35. The summed E-state index contributed by atoms with van der Waals surface area (Å²) in [6.45, 7) is 5.81. The van der Waals surface area contributed by atoms with E-state index in [1.165, 1.54) is 0 Å². The van der Waals surface area contributed by atoms with Crippen LogP contribution in [-0.4, -0.2) is 72.9 Å². The third kappa shape index (κ3) is 4.12. The van der Waals surface area contributed by atoms with Gasteiger partial charge in [-0.25, -0.2) is 0 Å². The van der Waals surface area contributed by atoms with Crippen LogP contribution in [0.15, 0.2) is 24.3 Å². The van der Waals surface area contributed by atoms with Gasteiger partial charge in [0.2, 0.25) is 11.8 Å². The maximum atomic E-state index is 12.8. The zero-order valence-electron chi connectivity index (χ0n) is 15.1. The molecule has 2 amide bonds. The molecule has 2 saturated heterocycles. The van der Waals surface area contributed by atoms with Crippen molar-refractivity contribution >= 4 is 11.8 Å². The van der Waals surface area contributed by atoms with Crippen molar-refractivity contribution in [2.45, 2.75) is 25.8 Å². The molecule has 136 valence electrons. The minimum Gasteiger partial charge on any atom is -0.497 e. The number of piperazine rings is 1. The van der Waals surface area contributed by atoms with Crippen LogP contribution in [0.3, 0.4) is 0 Å². The van der Waals surface area contributed by atoms with Crippen LogP contribution in [0.1, 0.15) is 31.4 Å². The van der Waals surface area contributed by atoms with Crippen LogP contribution < -0.4 is 4.74 Å². The van der Waals surface area contributed by atoms with Gasteiger partial charge in [0.1, 0.15) is 5.75 Å². The zero-order chi connectivity index (χ0) is 17.8. The normalized spacial score (nSPS) is 21.4. The second-order valence-electron chi connectivity index (χ2n) is 6.80. The predicted octanol–water partition coefficient (Wildman–Crippen LogP) is 1.52. The zero-order valence-corrected chi connectivity index (χ0v) is 15.1. The smallest absolute Gasteiger partial charge is 0.237 e. The molecule has 0 unspecified atom stereocenters. The first kappa shape index (κ1) is 17.7. The van der Waals surface area contributed by atoms with Crippen molar-refractivity contribution in [3.63, 3.8) is 0 Å². The Morgan fingerprint density at radius 1 is 1.16 bits per heavy atom. The van der Waals surface area contributed by atoms with Gasteiger partial charge in [-0.3, -0.25) is 14.5 Å². The van der Waals surface area contributed by atoms with Crippen LogP contribution in [0, 0.1) is 0 Å². The number of ether oxygens (including phenoxy) is 1. The summed E-state index contributed by atoms with van der Waals surface area (Å²) in [5.41, 5.74) is 1.14. The second-order valence-corrected chi connectivity index (χ2v) is 6.80. The topological polar surface area (TPSA) is 53.1 Å². The molecule has 2 aliphatic rings. The van der Waals surface area contributed by atoms with Crippen molar-refractivity contribution in [1.82, 2.24) is 14.7 Å². The number of methoxy groups -OCH3 is 1. The number of carbonyl (C=O) groups is 2. The number of carbonyl (C=O) groups excluding carboxylic acids is 2. The molecule has 2 aliphatic heterocycles. The second kappa shape index (κ2) is 7.87. The van der Waals surface area contributed by atoms with Crippen LogP contribution in [0.2, 0.25) is 0 Å². The van der Waals surface area contributed by atoms with Gasteiger partial charge in [-0.2, -0.15) is 0 Å². The molecule has 0 bridgehead atoms. The number of amides is 2. The molecule has 2 fully saturated rings. The molecular weight excluding hydrogens is 318 g/mol. The van der Waals surface area contributed by atoms with E-state index in [0.29, 0.717) is 19.6 Å². The van der Waals surface area contributed by atoms with Crippen molar-refractivity contribution in [2.75, 3.05) is 46.4 Å². The van der Waals surface area contributed by atoms with Crippen molar-refractivity contribution in [2.24, 2.45) is 0 Å². The Labute approximate surface area is 149 Å². The summed E-state index contributed by atoms with van der Waals surface area (Å²) >= 11 is 0. The highest BCUT2D eigenvalue weighted by atomic mass is 16.5. The summed E-state index contributed by atoms with van der Waals surface area (Å²) in [4.78, 5) is 30.3. The van der Waals surface area contributed by atoms with Gasteiger partial charge < -0.3 is 14.5 Å². The van der Waals surface area contributed by atoms with Crippen LogP contribution in [-0.2, 0) is 9.59 Å². The van der Waals surface area contributed by atoms with E-state index >= 15 is 0 Å². The van der Waals surface area contributed by atoms with Gasteiger partial charge in [-0.05, 0) is 30.5 Å². The Balaban J connectivity index is 1.60. The summed E-state index contributed by atoms with van der Waals surface area (Å²) in [5, 5.41) is 0. The van der Waals surface area contributed by atoms with Crippen LogP contribution >= 0.6 is 0 Å². The SMILES string of the molecule is COc1cccc([C@@H]2CCCN2C(=O)CN2CCN(C(C)=O)CC2)c1. The van der Waals surface area contributed by atoms with Crippen molar-refractivity contribution in [3.8, 4) is 5.75 Å². The Bertz CT molecular complexity index is 626. The van der Waals surface area contributed by atoms with Crippen molar-refractivity contribution in [1.29, 1.82) is 0 Å². The van der Waals surface area contributed by atoms with E-state index < -0.39 is 0 Å². The lowest BCUT2D eigenvalue weighted by molar-refractivity contribution is -0.134. The molecule has 1 aromatic rings. The van der Waals surface area contributed by atoms with E-state index in [2.05, 4.69) is 11.0 Å². The average molecular weight is 345 g/mol. The van der Waals surface area contributed by atoms with E-state index in [0.717, 1.165) is 43.8 Å². The Kier molecular flexibility index (Phi) is 5.58. The molecule has 1 atom stereocenters. The van der Waals surface area contributed by atoms with Crippen LogP contribution in [0.4, 0.5) is 0 Å². The number of hydrogen-bond donors (Lipinski definition) is 0. The number of nitrogens with zero attached hydrogens (tertiary/aromatic N) is 3. The molecule has 0 spiro atoms. The number of benzene rings is 1. The first-order valence-corrected chi connectivity index (χ1v) is 9.00. The van der Waals surface area contributed by atoms with Gasteiger partial charge in [0, 0.05) is 39.6 Å². The highest BCUT2D eigenvalue weighted by molar-refractivity contribution is 5.79. The molecule has 2 heterocycles. The molecular formula is C19H27N3O3. The number of hydrogen-bond acceptors (Lipinski definition) is 4. The highest BCUT2D eigenvalue weighted by Gasteiger charge is 2.31.